The fourth-order valence-corrected chi connectivity index (χ4v) is 3.93. The third-order valence-corrected chi connectivity index (χ3v) is 5.69. The van der Waals surface area contributed by atoms with E-state index in [1.165, 1.54) is 16.5 Å². The summed E-state index contributed by atoms with van der Waals surface area (Å²) in [6.07, 6.45) is 5.40. The molecule has 0 saturated carbocycles. The first-order valence-electron chi connectivity index (χ1n) is 10.6. The van der Waals surface area contributed by atoms with Crippen LogP contribution in [-0.4, -0.2) is 41.9 Å². The van der Waals surface area contributed by atoms with Crippen molar-refractivity contribution in [3.05, 3.63) is 71.9 Å². The monoisotopic (exact) mass is 417 g/mol. The van der Waals surface area contributed by atoms with Gasteiger partial charge in [0.05, 0.1) is 7.11 Å². The van der Waals surface area contributed by atoms with Gasteiger partial charge < -0.3 is 19.9 Å². The van der Waals surface area contributed by atoms with Gasteiger partial charge in [0.2, 0.25) is 11.8 Å². The van der Waals surface area contributed by atoms with Crippen LogP contribution in [0.2, 0.25) is 0 Å². The molecule has 4 rings (SSSR count). The number of hydrogen-bond acceptors (Lipinski definition) is 3. The number of rotatable bonds is 7. The smallest absolute Gasteiger partial charge is 0.223 e. The van der Waals surface area contributed by atoms with Crippen LogP contribution in [-0.2, 0) is 16.1 Å². The van der Waals surface area contributed by atoms with E-state index in [1.54, 1.807) is 7.11 Å². The summed E-state index contributed by atoms with van der Waals surface area (Å²) in [5, 5.41) is 4.08. The predicted octanol–water partition coefficient (Wildman–Crippen LogP) is 3.89. The van der Waals surface area contributed by atoms with Crippen LogP contribution in [0.25, 0.3) is 16.5 Å². The molecule has 0 radical (unpaired) electrons. The lowest BCUT2D eigenvalue weighted by Gasteiger charge is -2.26. The number of aromatic amines is 1. The number of H-pyrrole nitrogens is 1. The van der Waals surface area contributed by atoms with Crippen LogP contribution in [0, 0.1) is 0 Å². The van der Waals surface area contributed by atoms with Crippen molar-refractivity contribution in [2.45, 2.75) is 25.8 Å². The van der Waals surface area contributed by atoms with Crippen LogP contribution in [0.3, 0.4) is 0 Å². The van der Waals surface area contributed by atoms with E-state index in [1.807, 2.05) is 47.5 Å². The molecule has 3 aromatic rings. The van der Waals surface area contributed by atoms with E-state index in [0.29, 0.717) is 19.6 Å². The number of aromatic nitrogens is 1. The van der Waals surface area contributed by atoms with Gasteiger partial charge in [0, 0.05) is 55.1 Å². The molecule has 6 nitrogen and oxygen atoms in total. The van der Waals surface area contributed by atoms with Crippen LogP contribution < -0.4 is 10.1 Å². The molecule has 2 aromatic carbocycles. The maximum absolute atomic E-state index is 12.6. The second kappa shape index (κ2) is 9.51. The van der Waals surface area contributed by atoms with E-state index in [-0.39, 0.29) is 24.7 Å². The molecule has 1 aliphatic rings. The topological polar surface area (TPSA) is 74.4 Å². The van der Waals surface area contributed by atoms with Gasteiger partial charge in [-0.3, -0.25) is 9.59 Å². The maximum atomic E-state index is 12.6. The third-order valence-electron chi connectivity index (χ3n) is 5.69. The molecule has 6 heteroatoms. The number of carbonyl (C=O) groups excluding carboxylic acids is 2. The molecular formula is C25H27N3O3. The van der Waals surface area contributed by atoms with Crippen molar-refractivity contribution in [1.82, 2.24) is 15.2 Å². The number of para-hydroxylation sites is 1. The molecule has 0 saturated heterocycles. The zero-order valence-electron chi connectivity index (χ0n) is 17.7. The van der Waals surface area contributed by atoms with E-state index in [2.05, 4.69) is 28.5 Å². The van der Waals surface area contributed by atoms with E-state index < -0.39 is 0 Å². The van der Waals surface area contributed by atoms with Crippen molar-refractivity contribution in [1.29, 1.82) is 0 Å². The van der Waals surface area contributed by atoms with Crippen LogP contribution in [0.4, 0.5) is 0 Å². The summed E-state index contributed by atoms with van der Waals surface area (Å²) in [4.78, 5) is 29.9. The van der Waals surface area contributed by atoms with Gasteiger partial charge in [0.15, 0.2) is 0 Å². The summed E-state index contributed by atoms with van der Waals surface area (Å²) in [7, 11) is 1.61. The molecule has 160 valence electrons. The molecule has 0 aliphatic carbocycles. The Hall–Kier alpha value is -3.54. The molecule has 0 atom stereocenters. The van der Waals surface area contributed by atoms with Crippen LogP contribution >= 0.6 is 0 Å². The van der Waals surface area contributed by atoms with Crippen molar-refractivity contribution in [2.24, 2.45) is 0 Å². The Balaban J connectivity index is 1.25. The largest absolute Gasteiger partial charge is 0.497 e. The highest BCUT2D eigenvalue weighted by Gasteiger charge is 2.20. The van der Waals surface area contributed by atoms with Crippen molar-refractivity contribution >= 4 is 28.3 Å². The van der Waals surface area contributed by atoms with Crippen LogP contribution in [0.15, 0.2) is 60.8 Å². The molecule has 0 unspecified atom stereocenters. The number of fused-ring (bicyclic) bond motifs is 1. The lowest BCUT2D eigenvalue weighted by molar-refractivity contribution is -0.133. The first-order chi connectivity index (χ1) is 15.1. The van der Waals surface area contributed by atoms with Crippen molar-refractivity contribution < 1.29 is 14.3 Å². The second-order valence-corrected chi connectivity index (χ2v) is 7.70. The lowest BCUT2D eigenvalue weighted by Crippen LogP contribution is -2.35. The number of nitrogens with one attached hydrogen (secondary N) is 2. The Morgan fingerprint density at radius 2 is 2.00 bits per heavy atom. The Labute approximate surface area is 181 Å². The molecule has 1 aliphatic heterocycles. The van der Waals surface area contributed by atoms with Gasteiger partial charge in [-0.05, 0) is 35.8 Å². The number of hydrogen-bond donors (Lipinski definition) is 2. The minimum Gasteiger partial charge on any atom is -0.497 e. The van der Waals surface area contributed by atoms with Gasteiger partial charge >= 0.3 is 0 Å². The molecule has 0 bridgehead atoms. The Morgan fingerprint density at radius 1 is 1.13 bits per heavy atom. The van der Waals surface area contributed by atoms with Crippen LogP contribution in [0.1, 0.15) is 30.4 Å². The first kappa shape index (κ1) is 20.7. The highest BCUT2D eigenvalue weighted by Crippen LogP contribution is 2.29. The zero-order valence-corrected chi connectivity index (χ0v) is 17.7. The Morgan fingerprint density at radius 3 is 2.81 bits per heavy atom. The van der Waals surface area contributed by atoms with Crippen molar-refractivity contribution in [2.75, 3.05) is 20.2 Å². The summed E-state index contributed by atoms with van der Waals surface area (Å²) in [6, 6.07) is 15.8. The van der Waals surface area contributed by atoms with E-state index in [4.69, 9.17) is 4.74 Å². The molecule has 2 amide bonds. The molecule has 1 aromatic heterocycles. The molecule has 31 heavy (non-hydrogen) atoms. The fourth-order valence-electron chi connectivity index (χ4n) is 3.93. The standard InChI is InChI=1S/C25H27N3O3/c1-31-20-6-4-5-18(15-20)16-27-24(29)9-10-25(30)28-13-11-19(12-14-28)22-17-26-23-8-3-2-7-21(22)23/h2-8,11,15,17,26H,9-10,12-14,16H2,1H3,(H,27,29). The number of amides is 2. The summed E-state index contributed by atoms with van der Waals surface area (Å²) < 4.78 is 5.19. The number of nitrogens with zero attached hydrogens (tertiary/aromatic N) is 1. The zero-order chi connectivity index (χ0) is 21.6. The van der Waals surface area contributed by atoms with E-state index in [0.717, 1.165) is 23.3 Å². The summed E-state index contributed by atoms with van der Waals surface area (Å²) >= 11 is 0. The van der Waals surface area contributed by atoms with Gasteiger partial charge in [0.25, 0.3) is 0 Å². The summed E-state index contributed by atoms with van der Waals surface area (Å²) in [5.41, 5.74) is 4.55. The number of ether oxygens (including phenoxy) is 1. The van der Waals surface area contributed by atoms with Crippen molar-refractivity contribution in [3.63, 3.8) is 0 Å². The summed E-state index contributed by atoms with van der Waals surface area (Å²) in [5.74, 6) is 0.654. The quantitative estimate of drug-likeness (QED) is 0.613. The first-order valence-corrected chi connectivity index (χ1v) is 10.6. The van der Waals surface area contributed by atoms with Gasteiger partial charge in [-0.15, -0.1) is 0 Å². The molecular weight excluding hydrogens is 390 g/mol. The van der Waals surface area contributed by atoms with Crippen LogP contribution in [0.5, 0.6) is 5.75 Å². The van der Waals surface area contributed by atoms with Gasteiger partial charge in [-0.1, -0.05) is 36.4 Å². The number of carbonyl (C=O) groups is 2. The average Bonchev–Trinajstić information content (AvgIpc) is 3.25. The fraction of sp³-hybridized carbons (Fsp3) is 0.280. The molecule has 2 heterocycles. The highest BCUT2D eigenvalue weighted by molar-refractivity contribution is 5.93. The minimum absolute atomic E-state index is 0.0192. The van der Waals surface area contributed by atoms with Gasteiger partial charge in [-0.2, -0.15) is 0 Å². The predicted molar refractivity (Wildman–Crippen MR) is 122 cm³/mol. The lowest BCUT2D eigenvalue weighted by atomic mass is 9.98. The molecule has 0 spiro atoms. The maximum Gasteiger partial charge on any atom is 0.223 e. The Bertz CT molecular complexity index is 1120. The normalized spacial score (nSPS) is 13.7. The second-order valence-electron chi connectivity index (χ2n) is 7.70. The van der Waals surface area contributed by atoms with Gasteiger partial charge in [0.1, 0.15) is 5.75 Å². The van der Waals surface area contributed by atoms with Gasteiger partial charge in [-0.25, -0.2) is 0 Å². The highest BCUT2D eigenvalue weighted by atomic mass is 16.5. The van der Waals surface area contributed by atoms with Crippen molar-refractivity contribution in [3.8, 4) is 5.75 Å². The summed E-state index contributed by atoms with van der Waals surface area (Å²) in [6.45, 7) is 1.68. The number of benzene rings is 2. The SMILES string of the molecule is COc1cccc(CNC(=O)CCC(=O)N2CC=C(c3c[nH]c4ccccc34)CC2)c1. The van der Waals surface area contributed by atoms with E-state index in [9.17, 15) is 9.59 Å². The van der Waals surface area contributed by atoms with E-state index >= 15 is 0 Å². The molecule has 2 N–H and O–H groups in total. The average molecular weight is 418 g/mol. The minimum atomic E-state index is -0.122. The number of methoxy groups -OCH3 is 1. The third kappa shape index (κ3) is 4.97. The molecule has 0 fully saturated rings. The Kier molecular flexibility index (Phi) is 6.36.